The van der Waals surface area contributed by atoms with E-state index in [2.05, 4.69) is 22.4 Å². The van der Waals surface area contributed by atoms with Gasteiger partial charge in [-0.1, -0.05) is 78.5 Å². The summed E-state index contributed by atoms with van der Waals surface area (Å²) in [6, 6.07) is 9.20. The second-order valence-corrected chi connectivity index (χ2v) is 8.33. The SMILES string of the molecule is CCCCNC(=O)CSc1nnc(SCC(=O)c2ccccc2)s1. The standard InChI is InChI=1S/C16H19N3O2S3/c1-2-3-9-17-14(21)11-23-16-19-18-15(24-16)22-10-13(20)12-7-5-4-6-8-12/h4-8H,2-3,9-11H2,1H3,(H,17,21). The fourth-order valence-electron chi connectivity index (χ4n) is 1.73. The van der Waals surface area contributed by atoms with E-state index in [4.69, 9.17) is 0 Å². The van der Waals surface area contributed by atoms with Crippen molar-refractivity contribution in [3.63, 3.8) is 0 Å². The molecule has 0 radical (unpaired) electrons. The molecule has 0 saturated carbocycles. The minimum absolute atomic E-state index is 0.0112. The average Bonchev–Trinajstić information content (AvgIpc) is 3.07. The largest absolute Gasteiger partial charge is 0.355 e. The van der Waals surface area contributed by atoms with E-state index in [-0.39, 0.29) is 11.7 Å². The number of ketones is 1. The number of aromatic nitrogens is 2. The zero-order chi connectivity index (χ0) is 17.2. The van der Waals surface area contributed by atoms with E-state index in [1.165, 1.54) is 34.9 Å². The summed E-state index contributed by atoms with van der Waals surface area (Å²) in [5, 5.41) is 11.0. The number of rotatable bonds is 10. The molecule has 0 atom stereocenters. The number of carbonyl (C=O) groups is 2. The van der Waals surface area contributed by atoms with Crippen LogP contribution in [-0.4, -0.2) is 39.9 Å². The van der Waals surface area contributed by atoms with Gasteiger partial charge >= 0.3 is 0 Å². The van der Waals surface area contributed by atoms with Crippen LogP contribution in [0.4, 0.5) is 0 Å². The van der Waals surface area contributed by atoms with E-state index in [0.717, 1.165) is 21.5 Å². The van der Waals surface area contributed by atoms with Gasteiger partial charge in [0.25, 0.3) is 0 Å². The fraction of sp³-hybridized carbons (Fsp3) is 0.375. The van der Waals surface area contributed by atoms with Crippen LogP contribution < -0.4 is 5.32 Å². The molecule has 0 bridgehead atoms. The monoisotopic (exact) mass is 381 g/mol. The maximum absolute atomic E-state index is 12.0. The normalized spacial score (nSPS) is 10.5. The van der Waals surface area contributed by atoms with E-state index in [1.807, 2.05) is 18.2 Å². The number of nitrogens with one attached hydrogen (secondary N) is 1. The minimum atomic E-state index is 0.0112. The van der Waals surface area contributed by atoms with Crippen molar-refractivity contribution in [2.45, 2.75) is 28.4 Å². The van der Waals surface area contributed by atoms with Gasteiger partial charge in [-0.3, -0.25) is 9.59 Å². The Morgan fingerprint density at radius 2 is 1.75 bits per heavy atom. The molecule has 0 spiro atoms. The van der Waals surface area contributed by atoms with E-state index in [1.54, 1.807) is 12.1 Å². The summed E-state index contributed by atoms with van der Waals surface area (Å²) in [4.78, 5) is 23.7. The Morgan fingerprint density at radius 1 is 1.08 bits per heavy atom. The van der Waals surface area contributed by atoms with Crippen molar-refractivity contribution in [3.8, 4) is 0 Å². The molecule has 1 heterocycles. The fourth-order valence-corrected chi connectivity index (χ4v) is 4.48. The lowest BCUT2D eigenvalue weighted by molar-refractivity contribution is -0.118. The van der Waals surface area contributed by atoms with E-state index >= 15 is 0 Å². The highest BCUT2D eigenvalue weighted by Gasteiger charge is 2.11. The summed E-state index contributed by atoms with van der Waals surface area (Å²) in [5.41, 5.74) is 0.702. The van der Waals surface area contributed by atoms with Crippen molar-refractivity contribution >= 4 is 46.6 Å². The zero-order valence-corrected chi connectivity index (χ0v) is 15.8. The smallest absolute Gasteiger partial charge is 0.230 e. The number of benzene rings is 1. The molecule has 0 fully saturated rings. The van der Waals surface area contributed by atoms with Gasteiger partial charge in [-0.05, 0) is 6.42 Å². The van der Waals surface area contributed by atoms with Crippen molar-refractivity contribution in [2.24, 2.45) is 0 Å². The number of hydrogen-bond acceptors (Lipinski definition) is 7. The average molecular weight is 382 g/mol. The van der Waals surface area contributed by atoms with Crippen LogP contribution in [-0.2, 0) is 4.79 Å². The number of thioether (sulfide) groups is 2. The number of amides is 1. The third-order valence-electron chi connectivity index (χ3n) is 2.99. The van der Waals surface area contributed by atoms with Gasteiger partial charge in [-0.2, -0.15) is 0 Å². The van der Waals surface area contributed by atoms with Crippen molar-refractivity contribution in [2.75, 3.05) is 18.1 Å². The molecule has 0 aliphatic carbocycles. The van der Waals surface area contributed by atoms with Crippen molar-refractivity contribution in [1.82, 2.24) is 15.5 Å². The highest BCUT2D eigenvalue weighted by atomic mass is 32.2. The van der Waals surface area contributed by atoms with Crippen LogP contribution in [0.25, 0.3) is 0 Å². The van der Waals surface area contributed by atoms with Gasteiger partial charge in [-0.15, -0.1) is 10.2 Å². The summed E-state index contributed by atoms with van der Waals surface area (Å²) < 4.78 is 1.49. The number of Topliss-reactive ketones (excluding diaryl/α,β-unsaturated/α-hetero) is 1. The molecular formula is C16H19N3O2S3. The highest BCUT2D eigenvalue weighted by molar-refractivity contribution is 8.03. The van der Waals surface area contributed by atoms with Gasteiger partial charge in [0.05, 0.1) is 11.5 Å². The lowest BCUT2D eigenvalue weighted by Crippen LogP contribution is -2.25. The lowest BCUT2D eigenvalue weighted by atomic mass is 10.2. The zero-order valence-electron chi connectivity index (χ0n) is 13.4. The second kappa shape index (κ2) is 10.5. The predicted octanol–water partition coefficient (Wildman–Crippen LogP) is 3.52. The molecule has 1 N–H and O–H groups in total. The van der Waals surface area contributed by atoms with Crippen LogP contribution in [0.3, 0.4) is 0 Å². The summed E-state index contributed by atoms with van der Waals surface area (Å²) >= 11 is 4.16. The van der Waals surface area contributed by atoms with Gasteiger partial charge in [-0.25, -0.2) is 0 Å². The molecule has 5 nitrogen and oxygen atoms in total. The summed E-state index contributed by atoms with van der Waals surface area (Å²) in [6.45, 7) is 2.80. The number of carbonyl (C=O) groups excluding carboxylic acids is 2. The predicted molar refractivity (Wildman–Crippen MR) is 100 cm³/mol. The Balaban J connectivity index is 1.73. The topological polar surface area (TPSA) is 72.0 Å². The van der Waals surface area contributed by atoms with Crippen LogP contribution in [0.5, 0.6) is 0 Å². The summed E-state index contributed by atoms with van der Waals surface area (Å²) in [7, 11) is 0. The van der Waals surface area contributed by atoms with Crippen LogP contribution in [0.2, 0.25) is 0 Å². The van der Waals surface area contributed by atoms with E-state index < -0.39 is 0 Å². The van der Waals surface area contributed by atoms with E-state index in [9.17, 15) is 9.59 Å². The van der Waals surface area contributed by atoms with Crippen LogP contribution in [0, 0.1) is 0 Å². The molecule has 1 aromatic heterocycles. The third kappa shape index (κ3) is 6.62. The maximum atomic E-state index is 12.0. The number of unbranched alkanes of at least 4 members (excludes halogenated alkanes) is 1. The summed E-state index contributed by atoms with van der Waals surface area (Å²) in [5.74, 6) is 0.754. The van der Waals surface area contributed by atoms with Gasteiger partial charge in [0, 0.05) is 12.1 Å². The Morgan fingerprint density at radius 3 is 2.42 bits per heavy atom. The van der Waals surface area contributed by atoms with Gasteiger partial charge in [0.2, 0.25) is 5.91 Å². The first kappa shape index (κ1) is 19.0. The molecule has 128 valence electrons. The van der Waals surface area contributed by atoms with Crippen molar-refractivity contribution < 1.29 is 9.59 Å². The maximum Gasteiger partial charge on any atom is 0.230 e. The van der Waals surface area contributed by atoms with Crippen LogP contribution in [0.15, 0.2) is 39.0 Å². The first-order valence-electron chi connectivity index (χ1n) is 7.63. The summed E-state index contributed by atoms with van der Waals surface area (Å²) in [6.07, 6.45) is 2.05. The Labute approximate surface area is 154 Å². The van der Waals surface area contributed by atoms with Gasteiger partial charge in [0.15, 0.2) is 14.5 Å². The van der Waals surface area contributed by atoms with Crippen molar-refractivity contribution in [1.29, 1.82) is 0 Å². The van der Waals surface area contributed by atoms with Gasteiger partial charge < -0.3 is 5.32 Å². The first-order chi connectivity index (χ1) is 11.7. The quantitative estimate of drug-likeness (QED) is 0.386. The molecule has 0 aliphatic rings. The van der Waals surface area contributed by atoms with E-state index in [0.29, 0.717) is 23.6 Å². The van der Waals surface area contributed by atoms with Crippen LogP contribution >= 0.6 is 34.9 Å². The molecule has 2 rings (SSSR count). The molecule has 0 saturated heterocycles. The Hall–Kier alpha value is -1.38. The number of nitrogens with zero attached hydrogens (tertiary/aromatic N) is 2. The van der Waals surface area contributed by atoms with Crippen molar-refractivity contribution in [3.05, 3.63) is 35.9 Å². The highest BCUT2D eigenvalue weighted by Crippen LogP contribution is 2.29. The lowest BCUT2D eigenvalue weighted by Gasteiger charge is -2.01. The number of hydrogen-bond donors (Lipinski definition) is 1. The molecule has 24 heavy (non-hydrogen) atoms. The molecule has 1 amide bonds. The van der Waals surface area contributed by atoms with Gasteiger partial charge in [0.1, 0.15) is 0 Å². The molecule has 1 aromatic carbocycles. The first-order valence-corrected chi connectivity index (χ1v) is 10.4. The Bertz CT molecular complexity index is 662. The minimum Gasteiger partial charge on any atom is -0.355 e. The molecule has 0 aliphatic heterocycles. The van der Waals surface area contributed by atoms with Crippen LogP contribution in [0.1, 0.15) is 30.1 Å². The molecule has 2 aromatic rings. The third-order valence-corrected chi connectivity index (χ3v) is 6.18. The molecular weight excluding hydrogens is 362 g/mol. The molecule has 8 heteroatoms. The molecule has 0 unspecified atom stereocenters. The second-order valence-electron chi connectivity index (χ2n) is 4.90. The Kier molecular flexibility index (Phi) is 8.27.